The van der Waals surface area contributed by atoms with Crippen LogP contribution in [0.2, 0.25) is 0 Å². The minimum Gasteiger partial charge on any atom is -0.350 e. The lowest BCUT2D eigenvalue weighted by Gasteiger charge is -2.01. The summed E-state index contributed by atoms with van der Waals surface area (Å²) in [6.45, 7) is 0.422. The van der Waals surface area contributed by atoms with Crippen LogP contribution in [-0.2, 0) is 24.8 Å². The van der Waals surface area contributed by atoms with E-state index in [1.807, 2.05) is 48.8 Å². The summed E-state index contributed by atoms with van der Waals surface area (Å²) in [6, 6.07) is 11.6. The monoisotopic (exact) mass is 312 g/mol. The molecule has 5 nitrogen and oxygen atoms in total. The van der Waals surface area contributed by atoms with Gasteiger partial charge in [-0.1, -0.05) is 12.1 Å². The van der Waals surface area contributed by atoms with Crippen molar-refractivity contribution >= 4 is 17.2 Å². The molecular weight excluding hydrogens is 296 g/mol. The zero-order valence-corrected chi connectivity index (χ0v) is 13.0. The molecule has 22 heavy (non-hydrogen) atoms. The lowest BCUT2D eigenvalue weighted by atomic mass is 10.2. The molecule has 0 fully saturated rings. The molecule has 1 amide bonds. The van der Waals surface area contributed by atoms with Crippen molar-refractivity contribution in [1.82, 2.24) is 20.1 Å². The Bertz CT molecular complexity index is 750. The van der Waals surface area contributed by atoms with E-state index in [0.29, 0.717) is 13.0 Å². The number of thiophene rings is 1. The quantitative estimate of drug-likeness (QED) is 0.787. The van der Waals surface area contributed by atoms with Crippen LogP contribution in [0.15, 0.2) is 48.0 Å². The average Bonchev–Trinajstić information content (AvgIpc) is 3.16. The highest BCUT2D eigenvalue weighted by molar-refractivity contribution is 7.10. The smallest absolute Gasteiger partial charge is 0.225 e. The number of aryl methyl sites for hydroxylation is 1. The Hall–Kier alpha value is -2.47. The average molecular weight is 312 g/mol. The third-order valence-corrected chi connectivity index (χ3v) is 4.12. The fourth-order valence-electron chi connectivity index (χ4n) is 2.19. The molecular formula is C16H16N4OS. The van der Waals surface area contributed by atoms with Crippen LogP contribution >= 0.6 is 11.3 Å². The molecule has 0 radical (unpaired) electrons. The molecule has 1 N–H and O–H groups in total. The topological polar surface area (TPSA) is 59.8 Å². The number of aromatic nitrogens is 3. The molecule has 0 saturated heterocycles. The number of pyridine rings is 1. The first-order valence-corrected chi connectivity index (χ1v) is 7.84. The minimum absolute atomic E-state index is 0.00693. The zero-order chi connectivity index (χ0) is 15.4. The number of carbonyl (C=O) groups excluding carboxylic acids is 1. The molecule has 112 valence electrons. The van der Waals surface area contributed by atoms with Gasteiger partial charge in [-0.05, 0) is 29.6 Å². The maximum Gasteiger partial charge on any atom is 0.225 e. The highest BCUT2D eigenvalue weighted by Crippen LogP contribution is 2.16. The van der Waals surface area contributed by atoms with E-state index >= 15 is 0 Å². The van der Waals surface area contributed by atoms with E-state index in [1.165, 1.54) is 0 Å². The van der Waals surface area contributed by atoms with E-state index in [0.717, 1.165) is 22.0 Å². The second kappa shape index (κ2) is 6.53. The largest absolute Gasteiger partial charge is 0.350 e. The van der Waals surface area contributed by atoms with Crippen molar-refractivity contribution in [2.75, 3.05) is 0 Å². The van der Waals surface area contributed by atoms with Gasteiger partial charge in [-0.25, -0.2) is 0 Å². The van der Waals surface area contributed by atoms with Gasteiger partial charge in [0.25, 0.3) is 0 Å². The van der Waals surface area contributed by atoms with Crippen molar-refractivity contribution in [3.8, 4) is 11.4 Å². The van der Waals surface area contributed by atoms with Crippen molar-refractivity contribution in [2.24, 2.45) is 7.05 Å². The Kier molecular flexibility index (Phi) is 4.29. The summed E-state index contributed by atoms with van der Waals surface area (Å²) in [4.78, 5) is 17.3. The molecule has 0 atom stereocenters. The van der Waals surface area contributed by atoms with Crippen LogP contribution in [0.3, 0.4) is 0 Å². The minimum atomic E-state index is 0.00693. The Labute approximate surface area is 132 Å². The van der Waals surface area contributed by atoms with E-state index in [1.54, 1.807) is 22.2 Å². The molecule has 0 unspecified atom stereocenters. The third-order valence-electron chi connectivity index (χ3n) is 3.24. The summed E-state index contributed by atoms with van der Waals surface area (Å²) in [5, 5.41) is 9.29. The normalized spacial score (nSPS) is 10.6. The van der Waals surface area contributed by atoms with Gasteiger partial charge in [-0.15, -0.1) is 11.3 Å². The Balaban J connectivity index is 1.63. The summed E-state index contributed by atoms with van der Waals surface area (Å²) in [7, 11) is 1.88. The van der Waals surface area contributed by atoms with Crippen LogP contribution in [0.25, 0.3) is 11.4 Å². The lowest BCUT2D eigenvalue weighted by Crippen LogP contribution is -2.24. The van der Waals surface area contributed by atoms with Crippen molar-refractivity contribution in [1.29, 1.82) is 0 Å². The van der Waals surface area contributed by atoms with Crippen molar-refractivity contribution in [2.45, 2.75) is 13.0 Å². The first-order chi connectivity index (χ1) is 10.7. The van der Waals surface area contributed by atoms with Crippen LogP contribution in [0.5, 0.6) is 0 Å². The Morgan fingerprint density at radius 1 is 1.32 bits per heavy atom. The van der Waals surface area contributed by atoms with Crippen LogP contribution in [0.1, 0.15) is 10.6 Å². The standard InChI is InChI=1S/C16H16N4OS/c1-20-15(14-6-2-3-7-17-14)9-12(19-20)11-18-16(21)10-13-5-4-8-22-13/h2-9H,10-11H2,1H3,(H,18,21). The zero-order valence-electron chi connectivity index (χ0n) is 12.2. The maximum absolute atomic E-state index is 11.9. The van der Waals surface area contributed by atoms with Crippen LogP contribution in [-0.4, -0.2) is 20.7 Å². The van der Waals surface area contributed by atoms with Gasteiger partial charge in [-0.3, -0.25) is 14.5 Å². The highest BCUT2D eigenvalue weighted by atomic mass is 32.1. The van der Waals surface area contributed by atoms with Gasteiger partial charge in [0.1, 0.15) is 0 Å². The molecule has 0 spiro atoms. The van der Waals surface area contributed by atoms with Crippen molar-refractivity contribution < 1.29 is 4.79 Å². The van der Waals surface area contributed by atoms with E-state index in [2.05, 4.69) is 15.4 Å². The van der Waals surface area contributed by atoms with E-state index < -0.39 is 0 Å². The summed E-state index contributed by atoms with van der Waals surface area (Å²) < 4.78 is 1.78. The molecule has 3 aromatic rings. The molecule has 0 aliphatic heterocycles. The summed E-state index contributed by atoms with van der Waals surface area (Å²) in [6.07, 6.45) is 2.17. The van der Waals surface area contributed by atoms with Crippen molar-refractivity contribution in [3.05, 3.63) is 58.5 Å². The second-order valence-corrected chi connectivity index (χ2v) is 5.92. The summed E-state index contributed by atoms with van der Waals surface area (Å²) >= 11 is 1.59. The fourth-order valence-corrected chi connectivity index (χ4v) is 2.89. The third kappa shape index (κ3) is 3.40. The van der Waals surface area contributed by atoms with Crippen LogP contribution < -0.4 is 5.32 Å². The Morgan fingerprint density at radius 2 is 2.23 bits per heavy atom. The molecule has 6 heteroatoms. The van der Waals surface area contributed by atoms with Crippen LogP contribution in [0.4, 0.5) is 0 Å². The van der Waals surface area contributed by atoms with Gasteiger partial charge in [-0.2, -0.15) is 5.10 Å². The Morgan fingerprint density at radius 3 is 2.95 bits per heavy atom. The molecule has 0 aliphatic carbocycles. The lowest BCUT2D eigenvalue weighted by molar-refractivity contribution is -0.120. The SMILES string of the molecule is Cn1nc(CNC(=O)Cc2cccs2)cc1-c1ccccn1. The van der Waals surface area contributed by atoms with E-state index in [4.69, 9.17) is 0 Å². The van der Waals surface area contributed by atoms with Crippen LogP contribution in [0, 0.1) is 0 Å². The predicted octanol–water partition coefficient (Wildman–Crippen LogP) is 2.40. The summed E-state index contributed by atoms with van der Waals surface area (Å²) in [5.74, 6) is 0.00693. The molecule has 3 heterocycles. The highest BCUT2D eigenvalue weighted by Gasteiger charge is 2.10. The molecule has 0 saturated carbocycles. The molecule has 3 rings (SSSR count). The van der Waals surface area contributed by atoms with Gasteiger partial charge < -0.3 is 5.32 Å². The van der Waals surface area contributed by atoms with Gasteiger partial charge >= 0.3 is 0 Å². The number of carbonyl (C=O) groups is 1. The van der Waals surface area contributed by atoms with Gasteiger partial charge in [0.15, 0.2) is 0 Å². The number of hydrogen-bond acceptors (Lipinski definition) is 4. The van der Waals surface area contributed by atoms with E-state index in [9.17, 15) is 4.79 Å². The summed E-state index contributed by atoms with van der Waals surface area (Å²) in [5.41, 5.74) is 2.62. The molecule has 0 aliphatic rings. The molecule has 0 aromatic carbocycles. The number of amides is 1. The maximum atomic E-state index is 11.9. The predicted molar refractivity (Wildman–Crippen MR) is 86.3 cm³/mol. The fraction of sp³-hybridized carbons (Fsp3) is 0.188. The number of nitrogens with zero attached hydrogens (tertiary/aromatic N) is 3. The number of rotatable bonds is 5. The first-order valence-electron chi connectivity index (χ1n) is 6.96. The van der Waals surface area contributed by atoms with Gasteiger partial charge in [0, 0.05) is 18.1 Å². The van der Waals surface area contributed by atoms with Gasteiger partial charge in [0.05, 0.1) is 30.0 Å². The van der Waals surface area contributed by atoms with Gasteiger partial charge in [0.2, 0.25) is 5.91 Å². The first kappa shape index (κ1) is 14.5. The van der Waals surface area contributed by atoms with E-state index in [-0.39, 0.29) is 5.91 Å². The molecule has 3 aromatic heterocycles. The second-order valence-electron chi connectivity index (χ2n) is 4.89. The number of nitrogens with one attached hydrogen (secondary N) is 1. The molecule has 0 bridgehead atoms. The number of hydrogen-bond donors (Lipinski definition) is 1. The van der Waals surface area contributed by atoms with Crippen molar-refractivity contribution in [3.63, 3.8) is 0 Å².